The zero-order chi connectivity index (χ0) is 12.7. The molecule has 1 aliphatic rings. The van der Waals surface area contributed by atoms with E-state index in [0.29, 0.717) is 0 Å². The standard InChI is InChI=1S/C16H30N2/c1-2-4-6-8-10-12-14-16-18-17-15-13-11-9-7-5-3-1/h17-18H,1-11,13,15-16H2. The highest BCUT2D eigenvalue weighted by molar-refractivity contribution is 5.00. The topological polar surface area (TPSA) is 24.1 Å². The molecule has 104 valence electrons. The molecule has 0 atom stereocenters. The van der Waals surface area contributed by atoms with Gasteiger partial charge in [-0.05, 0) is 12.8 Å². The van der Waals surface area contributed by atoms with Crippen molar-refractivity contribution in [2.45, 2.75) is 77.0 Å². The van der Waals surface area contributed by atoms with Gasteiger partial charge in [-0.3, -0.25) is 5.43 Å². The second-order valence-corrected chi connectivity index (χ2v) is 5.27. The van der Waals surface area contributed by atoms with E-state index in [0.717, 1.165) is 19.5 Å². The number of hydrogen-bond acceptors (Lipinski definition) is 2. The summed E-state index contributed by atoms with van der Waals surface area (Å²) < 4.78 is 0. The maximum absolute atomic E-state index is 3.24. The van der Waals surface area contributed by atoms with Gasteiger partial charge in [0.2, 0.25) is 0 Å². The Morgan fingerprint density at radius 2 is 1.06 bits per heavy atom. The SMILES string of the molecule is C1#CCNNCCCCCCCCCCCCC1. The Balaban J connectivity index is 2.09. The van der Waals surface area contributed by atoms with Crippen LogP contribution in [0.1, 0.15) is 77.0 Å². The summed E-state index contributed by atoms with van der Waals surface area (Å²) in [6.45, 7) is 1.85. The van der Waals surface area contributed by atoms with Gasteiger partial charge in [0.05, 0.1) is 6.54 Å². The van der Waals surface area contributed by atoms with Crippen molar-refractivity contribution >= 4 is 0 Å². The monoisotopic (exact) mass is 250 g/mol. The van der Waals surface area contributed by atoms with Crippen molar-refractivity contribution in [2.75, 3.05) is 13.1 Å². The van der Waals surface area contributed by atoms with Crippen LogP contribution in [0.15, 0.2) is 0 Å². The minimum absolute atomic E-state index is 0.778. The molecule has 0 radical (unpaired) electrons. The Hall–Kier alpha value is -0.520. The van der Waals surface area contributed by atoms with Gasteiger partial charge < -0.3 is 0 Å². The van der Waals surface area contributed by atoms with Crippen LogP contribution in [0, 0.1) is 11.8 Å². The molecule has 0 aliphatic carbocycles. The highest BCUT2D eigenvalue weighted by Crippen LogP contribution is 2.11. The lowest BCUT2D eigenvalue weighted by molar-refractivity contribution is 0.512. The maximum Gasteiger partial charge on any atom is 0.0712 e. The Bertz CT molecular complexity index is 205. The van der Waals surface area contributed by atoms with Crippen molar-refractivity contribution in [3.05, 3.63) is 0 Å². The van der Waals surface area contributed by atoms with E-state index >= 15 is 0 Å². The summed E-state index contributed by atoms with van der Waals surface area (Å²) in [6.07, 6.45) is 16.3. The predicted molar refractivity (Wildman–Crippen MR) is 79.2 cm³/mol. The third-order valence-corrected chi connectivity index (χ3v) is 3.53. The lowest BCUT2D eigenvalue weighted by Crippen LogP contribution is -2.32. The van der Waals surface area contributed by atoms with Crippen molar-refractivity contribution in [2.24, 2.45) is 0 Å². The molecule has 0 aromatic rings. The smallest absolute Gasteiger partial charge is 0.0712 e. The summed E-state index contributed by atoms with van der Waals surface area (Å²) in [6, 6.07) is 0. The van der Waals surface area contributed by atoms with E-state index < -0.39 is 0 Å². The third kappa shape index (κ3) is 10.6. The molecule has 0 fully saturated rings. The normalized spacial score (nSPS) is 22.2. The van der Waals surface area contributed by atoms with E-state index in [-0.39, 0.29) is 0 Å². The van der Waals surface area contributed by atoms with Crippen LogP contribution in [-0.2, 0) is 0 Å². The van der Waals surface area contributed by atoms with Crippen LogP contribution in [-0.4, -0.2) is 13.1 Å². The van der Waals surface area contributed by atoms with Gasteiger partial charge in [0, 0.05) is 13.0 Å². The first-order valence-electron chi connectivity index (χ1n) is 7.91. The average molecular weight is 250 g/mol. The minimum atomic E-state index is 0.778. The van der Waals surface area contributed by atoms with Crippen LogP contribution in [0.3, 0.4) is 0 Å². The molecule has 18 heavy (non-hydrogen) atoms. The second kappa shape index (κ2) is 12.9. The summed E-state index contributed by atoms with van der Waals surface area (Å²) >= 11 is 0. The molecule has 0 saturated heterocycles. The molecule has 0 aromatic carbocycles. The molecule has 1 heterocycles. The molecule has 0 bridgehead atoms. The minimum Gasteiger partial charge on any atom is -0.257 e. The van der Waals surface area contributed by atoms with E-state index in [1.807, 2.05) is 0 Å². The molecule has 0 aromatic heterocycles. The Morgan fingerprint density at radius 3 is 1.72 bits per heavy atom. The molecule has 2 N–H and O–H groups in total. The largest absolute Gasteiger partial charge is 0.257 e. The lowest BCUT2D eigenvalue weighted by atomic mass is 10.1. The fourth-order valence-corrected chi connectivity index (χ4v) is 2.36. The molecular weight excluding hydrogens is 220 g/mol. The molecule has 2 heteroatoms. The van der Waals surface area contributed by atoms with Crippen molar-refractivity contribution < 1.29 is 0 Å². The van der Waals surface area contributed by atoms with Gasteiger partial charge in [0.25, 0.3) is 0 Å². The zero-order valence-corrected chi connectivity index (χ0v) is 11.9. The van der Waals surface area contributed by atoms with Gasteiger partial charge in [-0.2, -0.15) is 0 Å². The van der Waals surface area contributed by atoms with E-state index in [1.165, 1.54) is 70.6 Å². The van der Waals surface area contributed by atoms with Gasteiger partial charge in [0.15, 0.2) is 0 Å². The Morgan fingerprint density at radius 1 is 0.500 bits per heavy atom. The number of rotatable bonds is 0. The quantitative estimate of drug-likeness (QED) is 0.639. The van der Waals surface area contributed by atoms with E-state index in [2.05, 4.69) is 22.7 Å². The van der Waals surface area contributed by atoms with Crippen LogP contribution in [0.4, 0.5) is 0 Å². The van der Waals surface area contributed by atoms with Crippen molar-refractivity contribution in [1.29, 1.82) is 0 Å². The van der Waals surface area contributed by atoms with Crippen LogP contribution < -0.4 is 10.9 Å². The van der Waals surface area contributed by atoms with Crippen LogP contribution in [0.5, 0.6) is 0 Å². The molecule has 0 spiro atoms. The van der Waals surface area contributed by atoms with E-state index in [1.54, 1.807) is 0 Å². The van der Waals surface area contributed by atoms with Gasteiger partial charge in [-0.25, -0.2) is 5.43 Å². The zero-order valence-electron chi connectivity index (χ0n) is 11.9. The highest BCUT2D eigenvalue weighted by atomic mass is 15.3. The van der Waals surface area contributed by atoms with Crippen molar-refractivity contribution in [1.82, 2.24) is 10.9 Å². The lowest BCUT2D eigenvalue weighted by Gasteiger charge is -2.05. The molecule has 2 nitrogen and oxygen atoms in total. The van der Waals surface area contributed by atoms with E-state index in [4.69, 9.17) is 0 Å². The van der Waals surface area contributed by atoms with Gasteiger partial charge >= 0.3 is 0 Å². The van der Waals surface area contributed by atoms with Crippen molar-refractivity contribution in [3.63, 3.8) is 0 Å². The first kappa shape index (κ1) is 15.5. The Kier molecular flexibility index (Phi) is 11.2. The highest BCUT2D eigenvalue weighted by Gasteiger charge is 1.94. The summed E-state index contributed by atoms with van der Waals surface area (Å²) in [5.74, 6) is 6.40. The fourth-order valence-electron chi connectivity index (χ4n) is 2.36. The fraction of sp³-hybridized carbons (Fsp3) is 0.875. The summed E-state index contributed by atoms with van der Waals surface area (Å²) in [4.78, 5) is 0. The molecule has 1 rings (SSSR count). The van der Waals surface area contributed by atoms with Crippen LogP contribution in [0.25, 0.3) is 0 Å². The Labute approximate surface area is 113 Å². The first-order chi connectivity index (χ1) is 9.00. The van der Waals surface area contributed by atoms with Crippen LogP contribution in [0.2, 0.25) is 0 Å². The number of nitrogens with one attached hydrogen (secondary N) is 2. The van der Waals surface area contributed by atoms with Gasteiger partial charge in [-0.1, -0.05) is 63.7 Å². The number of hydrogen-bond donors (Lipinski definition) is 2. The van der Waals surface area contributed by atoms with Gasteiger partial charge in [0.1, 0.15) is 0 Å². The first-order valence-corrected chi connectivity index (χ1v) is 7.91. The molecule has 0 saturated carbocycles. The molecule has 0 amide bonds. The second-order valence-electron chi connectivity index (χ2n) is 5.27. The average Bonchev–Trinajstić information content (AvgIpc) is 2.39. The third-order valence-electron chi connectivity index (χ3n) is 3.53. The summed E-state index contributed by atoms with van der Waals surface area (Å²) in [7, 11) is 0. The number of hydrazine groups is 1. The predicted octanol–water partition coefficient (Wildman–Crippen LogP) is 3.78. The van der Waals surface area contributed by atoms with Crippen LogP contribution >= 0.6 is 0 Å². The summed E-state index contributed by atoms with van der Waals surface area (Å²) in [5, 5.41) is 0. The summed E-state index contributed by atoms with van der Waals surface area (Å²) in [5.41, 5.74) is 6.40. The van der Waals surface area contributed by atoms with Gasteiger partial charge in [-0.15, -0.1) is 5.92 Å². The van der Waals surface area contributed by atoms with Crippen molar-refractivity contribution in [3.8, 4) is 11.8 Å². The molecule has 0 unspecified atom stereocenters. The molecular formula is C16H30N2. The molecule has 1 aliphatic heterocycles. The maximum atomic E-state index is 3.24. The van der Waals surface area contributed by atoms with E-state index in [9.17, 15) is 0 Å².